The number of para-hydroxylation sites is 2. The Bertz CT molecular complexity index is 975. The fraction of sp³-hybridized carbons (Fsp3) is 0.136. The van der Waals surface area contributed by atoms with Gasteiger partial charge >= 0.3 is 0 Å². The number of rotatable bonds is 8. The predicted octanol–water partition coefficient (Wildman–Crippen LogP) is 5.17. The van der Waals surface area contributed by atoms with Crippen molar-refractivity contribution in [2.24, 2.45) is 0 Å². The van der Waals surface area contributed by atoms with Crippen molar-refractivity contribution in [1.29, 1.82) is 0 Å². The molecule has 3 rings (SSSR count). The van der Waals surface area contributed by atoms with Crippen LogP contribution in [0, 0.1) is 0 Å². The molecule has 7 heteroatoms. The molecule has 3 aromatic carbocycles. The number of ether oxygens (including phenoxy) is 4. The summed E-state index contributed by atoms with van der Waals surface area (Å²) in [6.45, 7) is -0.200. The highest BCUT2D eigenvalue weighted by Crippen LogP contribution is 2.33. The predicted molar refractivity (Wildman–Crippen MR) is 112 cm³/mol. The highest BCUT2D eigenvalue weighted by Gasteiger charge is 2.12. The average molecular weight is 414 g/mol. The summed E-state index contributed by atoms with van der Waals surface area (Å²) in [4.78, 5) is 12.4. The minimum absolute atomic E-state index is 0.200. The first-order valence-corrected chi connectivity index (χ1v) is 9.14. The van der Waals surface area contributed by atoms with Crippen molar-refractivity contribution in [1.82, 2.24) is 0 Å². The van der Waals surface area contributed by atoms with Gasteiger partial charge in [-0.25, -0.2) is 0 Å². The van der Waals surface area contributed by atoms with Crippen LogP contribution in [0.2, 0.25) is 5.02 Å². The van der Waals surface area contributed by atoms with Crippen LogP contribution < -0.4 is 24.3 Å². The van der Waals surface area contributed by atoms with Crippen molar-refractivity contribution in [2.45, 2.75) is 0 Å². The molecule has 3 aromatic rings. The quantitative estimate of drug-likeness (QED) is 0.552. The number of anilines is 1. The number of carbonyl (C=O) groups is 1. The number of nitrogens with one attached hydrogen (secondary N) is 1. The van der Waals surface area contributed by atoms with Gasteiger partial charge in [0.25, 0.3) is 5.91 Å². The van der Waals surface area contributed by atoms with Crippen molar-refractivity contribution in [2.75, 3.05) is 26.1 Å². The molecule has 0 heterocycles. The number of halogens is 1. The molecular formula is C22H20ClNO5. The highest BCUT2D eigenvalue weighted by molar-refractivity contribution is 6.31. The van der Waals surface area contributed by atoms with Crippen molar-refractivity contribution >= 4 is 23.2 Å². The van der Waals surface area contributed by atoms with Gasteiger partial charge in [0, 0.05) is 5.02 Å². The van der Waals surface area contributed by atoms with Gasteiger partial charge < -0.3 is 24.3 Å². The molecule has 0 aliphatic heterocycles. The number of amides is 1. The van der Waals surface area contributed by atoms with Gasteiger partial charge in [-0.05, 0) is 54.6 Å². The molecule has 0 aliphatic carbocycles. The molecule has 29 heavy (non-hydrogen) atoms. The first kappa shape index (κ1) is 20.4. The lowest BCUT2D eigenvalue weighted by Gasteiger charge is -2.14. The van der Waals surface area contributed by atoms with Gasteiger partial charge in [-0.1, -0.05) is 23.7 Å². The summed E-state index contributed by atoms with van der Waals surface area (Å²) < 4.78 is 21.8. The summed E-state index contributed by atoms with van der Waals surface area (Å²) in [6, 6.07) is 19.2. The van der Waals surface area contributed by atoms with Gasteiger partial charge in [0.05, 0.1) is 19.9 Å². The number of carbonyl (C=O) groups excluding carboxylic acids is 1. The van der Waals surface area contributed by atoms with Crippen LogP contribution in [0.5, 0.6) is 28.7 Å². The third-order valence-electron chi connectivity index (χ3n) is 3.93. The summed E-state index contributed by atoms with van der Waals surface area (Å²) in [5, 5.41) is 3.23. The van der Waals surface area contributed by atoms with Crippen LogP contribution in [-0.2, 0) is 4.79 Å². The van der Waals surface area contributed by atoms with E-state index in [1.807, 2.05) is 6.07 Å². The van der Waals surface area contributed by atoms with E-state index >= 15 is 0 Å². The molecule has 0 radical (unpaired) electrons. The Hall–Kier alpha value is -3.38. The molecule has 150 valence electrons. The molecule has 1 N–H and O–H groups in total. The lowest BCUT2D eigenvalue weighted by Crippen LogP contribution is -2.20. The number of benzene rings is 3. The molecule has 0 bridgehead atoms. The zero-order valence-electron chi connectivity index (χ0n) is 16.0. The third-order valence-corrected chi connectivity index (χ3v) is 4.17. The fourth-order valence-corrected chi connectivity index (χ4v) is 2.70. The van der Waals surface area contributed by atoms with E-state index in [2.05, 4.69) is 5.32 Å². The van der Waals surface area contributed by atoms with E-state index < -0.39 is 0 Å². The molecule has 1 amide bonds. The summed E-state index contributed by atoms with van der Waals surface area (Å²) in [5.41, 5.74) is 0.432. The Morgan fingerprint density at radius 3 is 2.24 bits per heavy atom. The number of hydrogen-bond acceptors (Lipinski definition) is 5. The maximum absolute atomic E-state index is 12.4. The summed E-state index contributed by atoms with van der Waals surface area (Å²) in [7, 11) is 3.13. The number of hydrogen-bond donors (Lipinski definition) is 1. The maximum atomic E-state index is 12.4. The normalized spacial score (nSPS) is 10.2. The summed E-state index contributed by atoms with van der Waals surface area (Å²) in [5.74, 6) is 2.42. The molecule has 0 spiro atoms. The highest BCUT2D eigenvalue weighted by atomic mass is 35.5. The van der Waals surface area contributed by atoms with E-state index in [1.54, 1.807) is 67.8 Å². The Morgan fingerprint density at radius 2 is 1.55 bits per heavy atom. The Morgan fingerprint density at radius 1 is 0.862 bits per heavy atom. The molecule has 0 saturated heterocycles. The Kier molecular flexibility index (Phi) is 6.81. The van der Waals surface area contributed by atoms with Crippen LogP contribution in [0.25, 0.3) is 0 Å². The standard InChI is InChI=1S/C22H20ClNO5/c1-26-16-8-10-17(11-9-16)29-19-12-7-15(23)13-18(19)24-22(25)14-28-21-6-4-3-5-20(21)27-2/h3-13H,14H2,1-2H3,(H,24,25). The lowest BCUT2D eigenvalue weighted by atomic mass is 10.2. The fourth-order valence-electron chi connectivity index (χ4n) is 2.53. The minimum Gasteiger partial charge on any atom is -0.497 e. The van der Waals surface area contributed by atoms with Gasteiger partial charge in [0.2, 0.25) is 0 Å². The molecule has 0 aromatic heterocycles. The van der Waals surface area contributed by atoms with E-state index in [0.29, 0.717) is 33.7 Å². The molecular weight excluding hydrogens is 394 g/mol. The largest absolute Gasteiger partial charge is 0.497 e. The summed E-state index contributed by atoms with van der Waals surface area (Å²) in [6.07, 6.45) is 0. The molecule has 0 atom stereocenters. The Labute approximate surface area is 173 Å². The number of methoxy groups -OCH3 is 2. The first-order valence-electron chi connectivity index (χ1n) is 8.76. The molecule has 0 fully saturated rings. The van der Waals surface area contributed by atoms with Gasteiger partial charge in [0.15, 0.2) is 23.9 Å². The van der Waals surface area contributed by atoms with Gasteiger partial charge in [-0.15, -0.1) is 0 Å². The van der Waals surface area contributed by atoms with Crippen LogP contribution in [0.1, 0.15) is 0 Å². The van der Waals surface area contributed by atoms with E-state index in [9.17, 15) is 4.79 Å². The molecule has 6 nitrogen and oxygen atoms in total. The maximum Gasteiger partial charge on any atom is 0.262 e. The Balaban J connectivity index is 1.69. The van der Waals surface area contributed by atoms with E-state index in [1.165, 1.54) is 7.11 Å². The van der Waals surface area contributed by atoms with Gasteiger partial charge in [0.1, 0.15) is 11.5 Å². The van der Waals surface area contributed by atoms with Gasteiger partial charge in [-0.3, -0.25) is 4.79 Å². The average Bonchev–Trinajstić information content (AvgIpc) is 2.75. The first-order chi connectivity index (χ1) is 14.1. The molecule has 0 saturated carbocycles. The smallest absolute Gasteiger partial charge is 0.262 e. The van der Waals surface area contributed by atoms with Crippen LogP contribution in [0.4, 0.5) is 5.69 Å². The van der Waals surface area contributed by atoms with Crippen LogP contribution in [-0.4, -0.2) is 26.7 Å². The monoisotopic (exact) mass is 413 g/mol. The van der Waals surface area contributed by atoms with E-state index in [0.717, 1.165) is 5.75 Å². The second-order valence-corrected chi connectivity index (χ2v) is 6.34. The van der Waals surface area contributed by atoms with Gasteiger partial charge in [-0.2, -0.15) is 0 Å². The van der Waals surface area contributed by atoms with Crippen molar-refractivity contribution in [3.05, 3.63) is 71.8 Å². The second kappa shape index (κ2) is 9.71. The SMILES string of the molecule is COc1ccc(Oc2ccc(Cl)cc2NC(=O)COc2ccccc2OC)cc1. The minimum atomic E-state index is -0.363. The van der Waals surface area contributed by atoms with Crippen LogP contribution in [0.3, 0.4) is 0 Å². The van der Waals surface area contributed by atoms with Crippen molar-refractivity contribution in [3.63, 3.8) is 0 Å². The third kappa shape index (κ3) is 5.56. The zero-order chi connectivity index (χ0) is 20.6. The summed E-state index contributed by atoms with van der Waals surface area (Å²) >= 11 is 6.08. The lowest BCUT2D eigenvalue weighted by molar-refractivity contribution is -0.118. The zero-order valence-corrected chi connectivity index (χ0v) is 16.7. The van der Waals surface area contributed by atoms with Crippen molar-refractivity contribution < 1.29 is 23.7 Å². The van der Waals surface area contributed by atoms with Crippen LogP contribution >= 0.6 is 11.6 Å². The molecule has 0 unspecified atom stereocenters. The second-order valence-electron chi connectivity index (χ2n) is 5.91. The van der Waals surface area contributed by atoms with Crippen LogP contribution in [0.15, 0.2) is 66.7 Å². The van der Waals surface area contributed by atoms with E-state index in [-0.39, 0.29) is 12.5 Å². The molecule has 0 aliphatic rings. The topological polar surface area (TPSA) is 66.0 Å². The van der Waals surface area contributed by atoms with Crippen molar-refractivity contribution in [3.8, 4) is 28.7 Å². The van der Waals surface area contributed by atoms with E-state index in [4.69, 9.17) is 30.5 Å².